The summed E-state index contributed by atoms with van der Waals surface area (Å²) in [7, 11) is 0. The lowest BCUT2D eigenvalue weighted by Gasteiger charge is -2.30. The van der Waals surface area contributed by atoms with E-state index in [-0.39, 0.29) is 22.8 Å². The molecule has 3 atom stereocenters. The number of benzene rings is 1. The van der Waals surface area contributed by atoms with Crippen LogP contribution < -0.4 is 10.9 Å². The van der Waals surface area contributed by atoms with Crippen molar-refractivity contribution in [3.8, 4) is 0 Å². The van der Waals surface area contributed by atoms with E-state index in [9.17, 15) is 9.59 Å². The first-order valence-corrected chi connectivity index (χ1v) is 10.5. The van der Waals surface area contributed by atoms with Gasteiger partial charge in [0.2, 0.25) is 5.91 Å². The maximum Gasteiger partial charge on any atom is 0.262 e. The zero-order chi connectivity index (χ0) is 19.4. The van der Waals surface area contributed by atoms with Crippen molar-refractivity contribution in [2.45, 2.75) is 62.5 Å². The van der Waals surface area contributed by atoms with E-state index in [4.69, 9.17) is 0 Å². The van der Waals surface area contributed by atoms with Gasteiger partial charge in [0.25, 0.3) is 5.56 Å². The molecule has 1 aromatic carbocycles. The Morgan fingerprint density at radius 2 is 2.15 bits per heavy atom. The van der Waals surface area contributed by atoms with Crippen molar-refractivity contribution < 1.29 is 4.79 Å². The van der Waals surface area contributed by atoms with Crippen LogP contribution in [0.3, 0.4) is 0 Å². The summed E-state index contributed by atoms with van der Waals surface area (Å²) in [5.41, 5.74) is 0.551. The van der Waals surface area contributed by atoms with E-state index in [1.807, 2.05) is 25.1 Å². The molecular weight excluding hydrogens is 358 g/mol. The number of nitrogens with zero attached hydrogens (tertiary/aromatic N) is 2. The number of carbonyl (C=O) groups excluding carboxylic acids is 1. The summed E-state index contributed by atoms with van der Waals surface area (Å²) in [6.07, 6.45) is 6.29. The average molecular weight is 386 g/mol. The summed E-state index contributed by atoms with van der Waals surface area (Å²) >= 11 is 1.33. The molecule has 1 fully saturated rings. The van der Waals surface area contributed by atoms with Crippen molar-refractivity contribution in [1.82, 2.24) is 14.9 Å². The predicted molar refractivity (Wildman–Crippen MR) is 111 cm³/mol. The number of hydrogen-bond donors (Lipinski definition) is 1. The number of thioether (sulfide) groups is 1. The smallest absolute Gasteiger partial charge is 0.262 e. The van der Waals surface area contributed by atoms with Crippen LogP contribution in [0.25, 0.3) is 10.9 Å². The van der Waals surface area contributed by atoms with Crippen molar-refractivity contribution in [2.75, 3.05) is 0 Å². The average Bonchev–Trinajstić information content (AvgIpc) is 2.66. The Morgan fingerprint density at radius 1 is 1.41 bits per heavy atom. The third kappa shape index (κ3) is 4.43. The molecule has 0 saturated heterocycles. The van der Waals surface area contributed by atoms with Gasteiger partial charge in [-0.3, -0.25) is 14.2 Å². The third-order valence-electron chi connectivity index (χ3n) is 5.23. The Bertz CT molecular complexity index is 893. The summed E-state index contributed by atoms with van der Waals surface area (Å²) in [4.78, 5) is 30.2. The molecule has 1 amide bonds. The van der Waals surface area contributed by atoms with Crippen LogP contribution in [0.1, 0.15) is 39.5 Å². The van der Waals surface area contributed by atoms with Crippen LogP contribution >= 0.6 is 11.8 Å². The summed E-state index contributed by atoms with van der Waals surface area (Å²) in [6.45, 7) is 8.18. The van der Waals surface area contributed by atoms with Gasteiger partial charge in [0.1, 0.15) is 0 Å². The number of hydrogen-bond acceptors (Lipinski definition) is 4. The molecule has 1 N–H and O–H groups in total. The molecular formula is C21H27N3O2S. The van der Waals surface area contributed by atoms with Crippen LogP contribution in [0.5, 0.6) is 0 Å². The Labute approximate surface area is 164 Å². The number of carbonyl (C=O) groups is 1. The van der Waals surface area contributed by atoms with Crippen LogP contribution in [-0.4, -0.2) is 26.8 Å². The van der Waals surface area contributed by atoms with Gasteiger partial charge in [-0.15, -0.1) is 6.58 Å². The van der Waals surface area contributed by atoms with Crippen molar-refractivity contribution >= 4 is 28.6 Å². The minimum absolute atomic E-state index is 0.00584. The second-order valence-corrected chi connectivity index (χ2v) is 8.56. The molecule has 2 aromatic rings. The molecule has 3 rings (SSSR count). The molecule has 1 heterocycles. The van der Waals surface area contributed by atoms with Gasteiger partial charge in [0, 0.05) is 12.6 Å². The fourth-order valence-electron chi connectivity index (χ4n) is 3.57. The van der Waals surface area contributed by atoms with E-state index in [1.165, 1.54) is 24.6 Å². The lowest BCUT2D eigenvalue weighted by Crippen LogP contribution is -2.44. The summed E-state index contributed by atoms with van der Waals surface area (Å²) in [5, 5.41) is 4.00. The molecule has 1 aliphatic carbocycles. The lowest BCUT2D eigenvalue weighted by molar-refractivity contribution is -0.121. The number of fused-ring (bicyclic) bond motifs is 1. The second kappa shape index (κ2) is 8.74. The van der Waals surface area contributed by atoms with Crippen LogP contribution in [0, 0.1) is 5.92 Å². The normalized spacial score (nSPS) is 21.0. The highest BCUT2D eigenvalue weighted by molar-refractivity contribution is 8.00. The van der Waals surface area contributed by atoms with Crippen LogP contribution in [0.4, 0.5) is 0 Å². The number of rotatable bonds is 6. The van der Waals surface area contributed by atoms with E-state index in [2.05, 4.69) is 23.8 Å². The predicted octanol–water partition coefficient (Wildman–Crippen LogP) is 3.76. The van der Waals surface area contributed by atoms with Gasteiger partial charge in [-0.25, -0.2) is 4.98 Å². The topological polar surface area (TPSA) is 64.0 Å². The third-order valence-corrected chi connectivity index (χ3v) is 6.32. The van der Waals surface area contributed by atoms with Crippen molar-refractivity contribution in [1.29, 1.82) is 0 Å². The number of allylic oxidation sites excluding steroid dienone is 1. The lowest BCUT2D eigenvalue weighted by atomic mass is 9.86. The molecule has 1 saturated carbocycles. The molecule has 5 nitrogen and oxygen atoms in total. The number of amides is 1. The first-order chi connectivity index (χ1) is 13.0. The summed E-state index contributed by atoms with van der Waals surface area (Å²) in [6, 6.07) is 7.54. The molecule has 0 spiro atoms. The maximum atomic E-state index is 12.8. The largest absolute Gasteiger partial charge is 0.352 e. The summed E-state index contributed by atoms with van der Waals surface area (Å²) in [5.74, 6) is 0.518. The number of para-hydroxylation sites is 1. The monoisotopic (exact) mass is 385 g/mol. The van der Waals surface area contributed by atoms with Gasteiger partial charge >= 0.3 is 0 Å². The molecule has 6 heteroatoms. The van der Waals surface area contributed by atoms with Crippen LogP contribution in [0.2, 0.25) is 0 Å². The van der Waals surface area contributed by atoms with Gasteiger partial charge in [0.05, 0.1) is 16.2 Å². The van der Waals surface area contributed by atoms with Gasteiger partial charge in [-0.05, 0) is 37.8 Å². The highest BCUT2D eigenvalue weighted by atomic mass is 32.2. The van der Waals surface area contributed by atoms with E-state index in [0.29, 0.717) is 28.5 Å². The minimum atomic E-state index is -0.330. The minimum Gasteiger partial charge on any atom is -0.352 e. The maximum absolute atomic E-state index is 12.8. The standard InChI is InChI=1S/C21H27N3O2S/c1-4-13-24-20(26)16-10-6-8-12-18(16)23-21(24)27-15(3)19(25)22-17-11-7-5-9-14(17)2/h4,6,8,10,12,14-15,17H,1,5,7,9,11,13H2,2-3H3,(H,22,25)/t14-,15+,17+/m0/s1. The summed E-state index contributed by atoms with van der Waals surface area (Å²) < 4.78 is 1.59. The zero-order valence-electron chi connectivity index (χ0n) is 16.0. The van der Waals surface area contributed by atoms with E-state index >= 15 is 0 Å². The molecule has 0 radical (unpaired) electrons. The fourth-order valence-corrected chi connectivity index (χ4v) is 4.50. The van der Waals surface area contributed by atoms with Gasteiger partial charge < -0.3 is 5.32 Å². The quantitative estimate of drug-likeness (QED) is 0.467. The van der Waals surface area contributed by atoms with Gasteiger partial charge in [-0.2, -0.15) is 0 Å². The fraction of sp³-hybridized carbons (Fsp3) is 0.476. The molecule has 0 bridgehead atoms. The van der Waals surface area contributed by atoms with Crippen molar-refractivity contribution in [3.05, 3.63) is 47.3 Å². The molecule has 0 unspecified atom stereocenters. The van der Waals surface area contributed by atoms with Gasteiger partial charge in [-0.1, -0.05) is 49.7 Å². The SMILES string of the molecule is C=CCn1c(S[C@H](C)C(=O)N[C@@H]2CCCC[C@@H]2C)nc2ccccc2c1=O. The Balaban J connectivity index is 1.82. The van der Waals surface area contributed by atoms with Crippen LogP contribution in [-0.2, 0) is 11.3 Å². The Hall–Kier alpha value is -2.08. The molecule has 144 valence electrons. The molecule has 0 aliphatic heterocycles. The van der Waals surface area contributed by atoms with Crippen LogP contribution in [0.15, 0.2) is 46.9 Å². The first-order valence-electron chi connectivity index (χ1n) is 9.58. The van der Waals surface area contributed by atoms with Crippen molar-refractivity contribution in [2.24, 2.45) is 5.92 Å². The highest BCUT2D eigenvalue weighted by Gasteiger charge is 2.26. The van der Waals surface area contributed by atoms with E-state index in [1.54, 1.807) is 16.7 Å². The van der Waals surface area contributed by atoms with Gasteiger partial charge in [0.15, 0.2) is 5.16 Å². The second-order valence-electron chi connectivity index (χ2n) is 7.25. The zero-order valence-corrected chi connectivity index (χ0v) is 16.8. The molecule has 1 aromatic heterocycles. The molecule has 27 heavy (non-hydrogen) atoms. The number of aromatic nitrogens is 2. The Morgan fingerprint density at radius 3 is 2.89 bits per heavy atom. The molecule has 1 aliphatic rings. The van der Waals surface area contributed by atoms with Crippen molar-refractivity contribution in [3.63, 3.8) is 0 Å². The number of nitrogens with one attached hydrogen (secondary N) is 1. The Kier molecular flexibility index (Phi) is 6.37. The first kappa shape index (κ1) is 19.7. The van der Waals surface area contributed by atoms with E-state index in [0.717, 1.165) is 12.8 Å². The highest BCUT2D eigenvalue weighted by Crippen LogP contribution is 2.26. The van der Waals surface area contributed by atoms with E-state index < -0.39 is 0 Å².